The number of pyridine rings is 1. The summed E-state index contributed by atoms with van der Waals surface area (Å²) in [7, 11) is 1.79. The molecule has 3 aromatic heterocycles. The number of aliphatic hydroxyl groups excluding tert-OH is 1. The van der Waals surface area contributed by atoms with E-state index in [1.165, 1.54) is 18.3 Å². The molecule has 13 heteroatoms. The maximum absolute atomic E-state index is 12.8. The number of imidazole rings is 2. The summed E-state index contributed by atoms with van der Waals surface area (Å²) in [5.74, 6) is 1.40. The van der Waals surface area contributed by atoms with Crippen molar-refractivity contribution < 1.29 is 27.8 Å². The number of H-pyrrole nitrogens is 1. The summed E-state index contributed by atoms with van der Waals surface area (Å²) in [5, 5.41) is 14.4. The molecule has 1 amide bonds. The smallest absolute Gasteiger partial charge is 0.416 e. The number of carbonyl (C=O) groups is 1. The number of rotatable bonds is 8. The summed E-state index contributed by atoms with van der Waals surface area (Å²) in [5.41, 5.74) is 1.82. The fraction of sp³-hybridized carbons (Fsp3) is 0.154. The Kier molecular flexibility index (Phi) is 6.90. The van der Waals surface area contributed by atoms with Gasteiger partial charge in [0.05, 0.1) is 29.4 Å². The quantitative estimate of drug-likeness (QED) is 0.227. The van der Waals surface area contributed by atoms with Crippen LogP contribution in [0, 0.1) is 0 Å². The Morgan fingerprint density at radius 1 is 1.08 bits per heavy atom. The van der Waals surface area contributed by atoms with Gasteiger partial charge in [0.1, 0.15) is 22.9 Å². The van der Waals surface area contributed by atoms with Gasteiger partial charge in [0.25, 0.3) is 5.91 Å². The number of ether oxygens (including phenoxy) is 1. The Morgan fingerprint density at radius 2 is 1.85 bits per heavy atom. The van der Waals surface area contributed by atoms with E-state index in [0.717, 1.165) is 17.6 Å². The zero-order valence-electron chi connectivity index (χ0n) is 20.5. The van der Waals surface area contributed by atoms with Crippen LogP contribution in [0.15, 0.2) is 67.0 Å². The van der Waals surface area contributed by atoms with E-state index >= 15 is 0 Å². The second-order valence-electron chi connectivity index (χ2n) is 8.45. The van der Waals surface area contributed by atoms with Crippen molar-refractivity contribution in [3.63, 3.8) is 0 Å². The van der Waals surface area contributed by atoms with Gasteiger partial charge in [0, 0.05) is 37.6 Å². The lowest BCUT2D eigenvalue weighted by molar-refractivity contribution is -0.137. The number of nitrogens with zero attached hydrogens (tertiary/aromatic N) is 4. The molecule has 3 heterocycles. The van der Waals surface area contributed by atoms with Gasteiger partial charge >= 0.3 is 6.18 Å². The van der Waals surface area contributed by atoms with E-state index in [9.17, 15) is 18.0 Å². The number of halogens is 3. The van der Waals surface area contributed by atoms with E-state index in [2.05, 4.69) is 30.6 Å². The highest BCUT2D eigenvalue weighted by Gasteiger charge is 2.30. The van der Waals surface area contributed by atoms with E-state index in [-0.39, 0.29) is 18.8 Å². The number of hydrogen-bond donors (Lipinski definition) is 4. The number of amides is 1. The minimum Gasteiger partial charge on any atom is -0.457 e. The van der Waals surface area contributed by atoms with Crippen LogP contribution in [0.2, 0.25) is 0 Å². The van der Waals surface area contributed by atoms with Crippen LogP contribution in [0.3, 0.4) is 0 Å². The van der Waals surface area contributed by atoms with Crippen LogP contribution in [-0.4, -0.2) is 48.7 Å². The molecule has 0 atom stereocenters. The number of hydrogen-bond acceptors (Lipinski definition) is 7. The van der Waals surface area contributed by atoms with E-state index in [1.807, 2.05) is 6.07 Å². The Balaban J connectivity index is 1.32. The van der Waals surface area contributed by atoms with Crippen molar-refractivity contribution in [2.45, 2.75) is 6.18 Å². The van der Waals surface area contributed by atoms with Crippen LogP contribution in [0.5, 0.6) is 11.5 Å². The Labute approximate surface area is 219 Å². The van der Waals surface area contributed by atoms with Gasteiger partial charge in [0.15, 0.2) is 5.82 Å². The van der Waals surface area contributed by atoms with Gasteiger partial charge in [-0.05, 0) is 42.5 Å². The average molecular weight is 538 g/mol. The highest BCUT2D eigenvalue weighted by molar-refractivity contribution is 5.92. The van der Waals surface area contributed by atoms with Crippen LogP contribution in [0.1, 0.15) is 16.1 Å². The van der Waals surface area contributed by atoms with E-state index in [0.29, 0.717) is 40.2 Å². The number of carbonyl (C=O) groups excluding carboxylic acids is 1. The summed E-state index contributed by atoms with van der Waals surface area (Å²) in [6.07, 6.45) is -1.48. The number of aliphatic hydroxyl groups is 1. The first kappa shape index (κ1) is 25.7. The molecule has 200 valence electrons. The van der Waals surface area contributed by atoms with Crippen LogP contribution in [-0.2, 0) is 13.2 Å². The predicted octanol–water partition coefficient (Wildman–Crippen LogP) is 4.64. The maximum atomic E-state index is 12.8. The summed E-state index contributed by atoms with van der Waals surface area (Å²) in [6, 6.07) is 13.4. The average Bonchev–Trinajstić information content (AvgIpc) is 3.53. The highest BCUT2D eigenvalue weighted by atomic mass is 19.4. The number of alkyl halides is 3. The highest BCUT2D eigenvalue weighted by Crippen LogP contribution is 2.32. The van der Waals surface area contributed by atoms with Crippen molar-refractivity contribution in [3.8, 4) is 23.0 Å². The largest absolute Gasteiger partial charge is 0.457 e. The zero-order valence-corrected chi connectivity index (χ0v) is 20.5. The van der Waals surface area contributed by atoms with Crippen LogP contribution >= 0.6 is 0 Å². The van der Waals surface area contributed by atoms with E-state index in [4.69, 9.17) is 9.84 Å². The van der Waals surface area contributed by atoms with Crippen molar-refractivity contribution in [1.82, 2.24) is 29.8 Å². The second-order valence-corrected chi connectivity index (χ2v) is 8.45. The molecule has 2 aromatic carbocycles. The molecule has 10 nitrogen and oxygen atoms in total. The normalized spacial score (nSPS) is 11.5. The molecular formula is C26H22F3N7O3. The molecule has 39 heavy (non-hydrogen) atoms. The second kappa shape index (κ2) is 10.5. The van der Waals surface area contributed by atoms with Crippen LogP contribution in [0.4, 0.5) is 24.8 Å². The van der Waals surface area contributed by atoms with Gasteiger partial charge in [-0.2, -0.15) is 13.2 Å². The van der Waals surface area contributed by atoms with Gasteiger partial charge in [-0.25, -0.2) is 9.97 Å². The molecule has 0 aliphatic rings. The molecule has 0 aliphatic heterocycles. The van der Waals surface area contributed by atoms with Crippen molar-refractivity contribution in [2.75, 3.05) is 18.5 Å². The van der Waals surface area contributed by atoms with Crippen LogP contribution in [0.25, 0.3) is 22.6 Å². The third-order valence-electron chi connectivity index (χ3n) is 5.75. The zero-order chi connectivity index (χ0) is 27.6. The first-order chi connectivity index (χ1) is 18.7. The number of benzene rings is 2. The number of aromatic amines is 1. The van der Waals surface area contributed by atoms with Crippen molar-refractivity contribution in [3.05, 3.63) is 78.2 Å². The lowest BCUT2D eigenvalue weighted by Gasteiger charge is -2.09. The summed E-state index contributed by atoms with van der Waals surface area (Å²) in [6.45, 7) is -0.0447. The van der Waals surface area contributed by atoms with Gasteiger partial charge in [-0.1, -0.05) is 0 Å². The fourth-order valence-corrected chi connectivity index (χ4v) is 3.80. The van der Waals surface area contributed by atoms with E-state index in [1.54, 1.807) is 42.1 Å². The number of anilines is 2. The summed E-state index contributed by atoms with van der Waals surface area (Å²) in [4.78, 5) is 28.0. The maximum Gasteiger partial charge on any atom is 0.416 e. The standard InChI is InChI=1S/C26H22F3N7O3/c1-36-22-7-6-17(12-19(22)35-25(36)33-16-4-2-15(3-5-16)26(27,28)29)39-18-8-9-30-20(13-18)23-32-14-21(34-23)24(38)31-10-11-37/h2-9,12-14,37H,10-11H2,1H3,(H,31,38)(H,32,34)(H,33,35). The third-order valence-corrected chi connectivity index (χ3v) is 5.75. The molecule has 5 rings (SSSR count). The molecule has 4 N–H and O–H groups in total. The van der Waals surface area contributed by atoms with Gasteiger partial charge in [-0.15, -0.1) is 0 Å². The van der Waals surface area contributed by atoms with Gasteiger partial charge < -0.3 is 30.0 Å². The molecule has 0 radical (unpaired) electrons. The van der Waals surface area contributed by atoms with Crippen molar-refractivity contribution in [1.29, 1.82) is 0 Å². The Morgan fingerprint density at radius 3 is 2.59 bits per heavy atom. The molecular weight excluding hydrogens is 515 g/mol. The van der Waals surface area contributed by atoms with Crippen molar-refractivity contribution in [2.24, 2.45) is 7.05 Å². The predicted molar refractivity (Wildman–Crippen MR) is 137 cm³/mol. The fourth-order valence-electron chi connectivity index (χ4n) is 3.80. The molecule has 0 aliphatic carbocycles. The molecule has 0 saturated carbocycles. The number of aromatic nitrogens is 5. The third kappa shape index (κ3) is 5.67. The number of aryl methyl sites for hydroxylation is 1. The van der Waals surface area contributed by atoms with Crippen LogP contribution < -0.4 is 15.4 Å². The monoisotopic (exact) mass is 537 g/mol. The van der Waals surface area contributed by atoms with Crippen molar-refractivity contribution >= 4 is 28.6 Å². The number of fused-ring (bicyclic) bond motifs is 1. The summed E-state index contributed by atoms with van der Waals surface area (Å²) < 4.78 is 46.3. The Bertz CT molecular complexity index is 1630. The molecule has 0 spiro atoms. The molecule has 0 unspecified atom stereocenters. The number of nitrogens with one attached hydrogen (secondary N) is 3. The first-order valence-corrected chi connectivity index (χ1v) is 11.7. The lowest BCUT2D eigenvalue weighted by Crippen LogP contribution is -2.26. The minimum atomic E-state index is -4.40. The molecule has 0 bridgehead atoms. The lowest BCUT2D eigenvalue weighted by atomic mass is 10.2. The van der Waals surface area contributed by atoms with Gasteiger partial charge in [-0.3, -0.25) is 9.78 Å². The Hall–Kier alpha value is -4.91. The molecule has 5 aromatic rings. The summed E-state index contributed by atoms with van der Waals surface area (Å²) >= 11 is 0. The molecule has 0 fully saturated rings. The SMILES string of the molecule is Cn1c(Nc2ccc(C(F)(F)F)cc2)nc2cc(Oc3ccnc(-c4ncc(C(=O)NCCO)[nH]4)c3)ccc21. The topological polar surface area (TPSA) is 130 Å². The minimum absolute atomic E-state index is 0.127. The van der Waals surface area contributed by atoms with Gasteiger partial charge in [0.2, 0.25) is 5.95 Å². The van der Waals surface area contributed by atoms with E-state index < -0.39 is 17.6 Å². The molecule has 0 saturated heterocycles. The first-order valence-electron chi connectivity index (χ1n) is 11.7.